The first-order chi connectivity index (χ1) is 14.5. The normalized spacial score (nSPS) is 13.8. The first-order valence-electron chi connectivity index (χ1n) is 10.4. The molecule has 1 amide bonds. The molecule has 30 heavy (non-hydrogen) atoms. The Kier molecular flexibility index (Phi) is 5.84. The highest BCUT2D eigenvalue weighted by atomic mass is 19.1. The smallest absolute Gasteiger partial charge is 0.257 e. The molecular formula is C24H26FN3O2. The van der Waals surface area contributed by atoms with Crippen molar-refractivity contribution in [3.05, 3.63) is 65.6 Å². The second kappa shape index (κ2) is 8.69. The number of likely N-dealkylation sites (tertiary alicyclic amines) is 1. The van der Waals surface area contributed by atoms with E-state index in [2.05, 4.69) is 10.3 Å². The van der Waals surface area contributed by atoms with Gasteiger partial charge in [0.2, 0.25) is 0 Å². The molecule has 1 aliphatic heterocycles. The van der Waals surface area contributed by atoms with Gasteiger partial charge in [0.15, 0.2) is 0 Å². The molecule has 1 N–H and O–H groups in total. The van der Waals surface area contributed by atoms with Crippen LogP contribution in [0.5, 0.6) is 5.75 Å². The number of nitrogens with one attached hydrogen (secondary N) is 1. The van der Waals surface area contributed by atoms with Crippen LogP contribution in [0.3, 0.4) is 0 Å². The summed E-state index contributed by atoms with van der Waals surface area (Å²) in [5.41, 5.74) is 2.79. The van der Waals surface area contributed by atoms with Crippen LogP contribution in [0.25, 0.3) is 10.9 Å². The third-order valence-corrected chi connectivity index (χ3v) is 5.22. The Morgan fingerprint density at radius 2 is 1.90 bits per heavy atom. The molecule has 0 unspecified atom stereocenters. The van der Waals surface area contributed by atoms with Crippen molar-refractivity contribution in [2.24, 2.45) is 0 Å². The zero-order valence-corrected chi connectivity index (χ0v) is 17.3. The fourth-order valence-corrected chi connectivity index (χ4v) is 3.76. The van der Waals surface area contributed by atoms with Crippen molar-refractivity contribution in [2.75, 3.05) is 18.4 Å². The van der Waals surface area contributed by atoms with E-state index in [-0.39, 0.29) is 17.8 Å². The van der Waals surface area contributed by atoms with E-state index in [1.54, 1.807) is 12.3 Å². The highest BCUT2D eigenvalue weighted by Gasteiger charge is 2.23. The lowest BCUT2D eigenvalue weighted by Crippen LogP contribution is -2.28. The predicted molar refractivity (Wildman–Crippen MR) is 116 cm³/mol. The van der Waals surface area contributed by atoms with Gasteiger partial charge in [0, 0.05) is 31.2 Å². The summed E-state index contributed by atoms with van der Waals surface area (Å²) in [4.78, 5) is 19.3. The summed E-state index contributed by atoms with van der Waals surface area (Å²) in [6, 6.07) is 12.3. The number of benzene rings is 2. The second-order valence-electron chi connectivity index (χ2n) is 7.87. The number of amides is 1. The van der Waals surface area contributed by atoms with Crippen LogP contribution in [0, 0.1) is 5.82 Å². The molecule has 4 rings (SSSR count). The number of rotatable bonds is 6. The summed E-state index contributed by atoms with van der Waals surface area (Å²) in [5, 5.41) is 3.98. The number of hydrogen-bond acceptors (Lipinski definition) is 4. The molecule has 2 heterocycles. The average molecular weight is 407 g/mol. The lowest BCUT2D eigenvalue weighted by molar-refractivity contribution is 0.0793. The third kappa shape index (κ3) is 4.37. The summed E-state index contributed by atoms with van der Waals surface area (Å²) in [5.74, 6) is 0.401. The van der Waals surface area contributed by atoms with E-state index >= 15 is 0 Å². The molecule has 1 aromatic heterocycles. The van der Waals surface area contributed by atoms with Crippen molar-refractivity contribution in [1.29, 1.82) is 0 Å². The largest absolute Gasteiger partial charge is 0.491 e. The van der Waals surface area contributed by atoms with E-state index in [0.29, 0.717) is 28.7 Å². The SMILES string of the molecule is CC(C)Oc1ccc(CNc2c(C(=O)N3CCCC3)cnc3ccc(F)cc23)cc1. The van der Waals surface area contributed by atoms with Crippen molar-refractivity contribution in [3.8, 4) is 5.75 Å². The number of pyridine rings is 1. The molecule has 0 atom stereocenters. The van der Waals surface area contributed by atoms with Crippen LogP contribution in [0.4, 0.5) is 10.1 Å². The van der Waals surface area contributed by atoms with Crippen LogP contribution in [0.1, 0.15) is 42.6 Å². The van der Waals surface area contributed by atoms with E-state index in [1.165, 1.54) is 12.1 Å². The number of carbonyl (C=O) groups excluding carboxylic acids is 1. The highest BCUT2D eigenvalue weighted by molar-refractivity contribution is 6.07. The van der Waals surface area contributed by atoms with E-state index < -0.39 is 0 Å². The van der Waals surface area contributed by atoms with Crippen molar-refractivity contribution in [1.82, 2.24) is 9.88 Å². The van der Waals surface area contributed by atoms with Gasteiger partial charge in [-0.1, -0.05) is 12.1 Å². The summed E-state index contributed by atoms with van der Waals surface area (Å²) >= 11 is 0. The maximum atomic E-state index is 14.0. The Bertz CT molecular complexity index is 1040. The molecule has 2 aromatic carbocycles. The Morgan fingerprint density at radius 3 is 2.60 bits per heavy atom. The molecule has 3 aromatic rings. The van der Waals surface area contributed by atoms with Gasteiger partial charge < -0.3 is 15.0 Å². The quantitative estimate of drug-likeness (QED) is 0.624. The Hall–Kier alpha value is -3.15. The lowest BCUT2D eigenvalue weighted by Gasteiger charge is -2.19. The van der Waals surface area contributed by atoms with Gasteiger partial charge in [-0.2, -0.15) is 0 Å². The lowest BCUT2D eigenvalue weighted by atomic mass is 10.1. The van der Waals surface area contributed by atoms with E-state index in [4.69, 9.17) is 4.74 Å². The van der Waals surface area contributed by atoms with Gasteiger partial charge in [-0.25, -0.2) is 4.39 Å². The number of halogens is 1. The van der Waals surface area contributed by atoms with Crippen LogP contribution in [0.15, 0.2) is 48.7 Å². The van der Waals surface area contributed by atoms with Crippen LogP contribution in [-0.2, 0) is 6.54 Å². The average Bonchev–Trinajstić information content (AvgIpc) is 3.27. The predicted octanol–water partition coefficient (Wildman–Crippen LogP) is 5.01. The number of ether oxygens (including phenoxy) is 1. The van der Waals surface area contributed by atoms with Crippen LogP contribution in [-0.4, -0.2) is 35.0 Å². The van der Waals surface area contributed by atoms with Crippen LogP contribution < -0.4 is 10.1 Å². The fraction of sp³-hybridized carbons (Fsp3) is 0.333. The van der Waals surface area contributed by atoms with E-state index in [1.807, 2.05) is 43.0 Å². The molecule has 0 spiro atoms. The number of nitrogens with zero attached hydrogens (tertiary/aromatic N) is 2. The van der Waals surface area contributed by atoms with Gasteiger partial charge in [0.05, 0.1) is 22.9 Å². The number of hydrogen-bond donors (Lipinski definition) is 1. The maximum absolute atomic E-state index is 14.0. The first kappa shape index (κ1) is 20.1. The first-order valence-corrected chi connectivity index (χ1v) is 10.4. The second-order valence-corrected chi connectivity index (χ2v) is 7.87. The minimum Gasteiger partial charge on any atom is -0.491 e. The van der Waals surface area contributed by atoms with E-state index in [0.717, 1.165) is 37.2 Å². The van der Waals surface area contributed by atoms with Crippen molar-refractivity contribution in [2.45, 2.75) is 39.3 Å². The summed E-state index contributed by atoms with van der Waals surface area (Å²) in [6.07, 6.45) is 3.73. The molecule has 0 radical (unpaired) electrons. The number of anilines is 1. The van der Waals surface area contributed by atoms with Crippen molar-refractivity contribution >= 4 is 22.5 Å². The number of fused-ring (bicyclic) bond motifs is 1. The topological polar surface area (TPSA) is 54.5 Å². The number of carbonyl (C=O) groups is 1. The monoisotopic (exact) mass is 407 g/mol. The molecular weight excluding hydrogens is 381 g/mol. The zero-order valence-electron chi connectivity index (χ0n) is 17.3. The molecule has 0 bridgehead atoms. The summed E-state index contributed by atoms with van der Waals surface area (Å²) < 4.78 is 19.7. The molecule has 6 heteroatoms. The Balaban J connectivity index is 1.64. The molecule has 5 nitrogen and oxygen atoms in total. The minimum atomic E-state index is -0.353. The van der Waals surface area contributed by atoms with Crippen LogP contribution >= 0.6 is 0 Å². The molecule has 156 valence electrons. The molecule has 0 saturated carbocycles. The van der Waals surface area contributed by atoms with Crippen molar-refractivity contribution in [3.63, 3.8) is 0 Å². The maximum Gasteiger partial charge on any atom is 0.257 e. The molecule has 1 aliphatic rings. The van der Waals surface area contributed by atoms with Gasteiger partial charge in [-0.3, -0.25) is 9.78 Å². The highest BCUT2D eigenvalue weighted by Crippen LogP contribution is 2.29. The van der Waals surface area contributed by atoms with E-state index in [9.17, 15) is 9.18 Å². The molecule has 0 aliphatic carbocycles. The Labute approximate surface area is 175 Å². The van der Waals surface area contributed by atoms with Gasteiger partial charge in [0.25, 0.3) is 5.91 Å². The summed E-state index contributed by atoms with van der Waals surface area (Å²) in [6.45, 7) is 5.97. The van der Waals surface area contributed by atoms with Gasteiger partial charge in [-0.15, -0.1) is 0 Å². The number of aromatic nitrogens is 1. The molecule has 1 saturated heterocycles. The molecule has 1 fully saturated rings. The standard InChI is InChI=1S/C24H26FN3O2/c1-16(2)30-19-8-5-17(6-9-19)14-27-23-20-13-18(25)7-10-22(20)26-15-21(23)24(29)28-11-3-4-12-28/h5-10,13,15-16H,3-4,11-12,14H2,1-2H3,(H,26,27). The minimum absolute atomic E-state index is 0.0608. The Morgan fingerprint density at radius 1 is 1.17 bits per heavy atom. The zero-order chi connectivity index (χ0) is 21.1. The third-order valence-electron chi connectivity index (χ3n) is 5.22. The van der Waals surface area contributed by atoms with Gasteiger partial charge >= 0.3 is 0 Å². The van der Waals surface area contributed by atoms with Gasteiger partial charge in [-0.05, 0) is 62.6 Å². The van der Waals surface area contributed by atoms with Crippen molar-refractivity contribution < 1.29 is 13.9 Å². The summed E-state index contributed by atoms with van der Waals surface area (Å²) in [7, 11) is 0. The fourth-order valence-electron chi connectivity index (χ4n) is 3.76. The van der Waals surface area contributed by atoms with Gasteiger partial charge in [0.1, 0.15) is 11.6 Å². The van der Waals surface area contributed by atoms with Crippen LogP contribution in [0.2, 0.25) is 0 Å².